The number of hydrogen-bond donors (Lipinski definition) is 1. The molecule has 3 aromatic rings. The minimum Gasteiger partial charge on any atom is -0.508 e. The molecule has 3 aromatic carbocycles. The first kappa shape index (κ1) is 13.9. The lowest BCUT2D eigenvalue weighted by Gasteiger charge is -2.10. The first-order valence-corrected chi connectivity index (χ1v) is 6.28. The standard InChI is InChI=1S/C18H14O.CH4/c19-16-12-10-15(11-13-16)18-9-5-4-8-17(18)14-6-2-1-3-7-14;/h1-13,19H;1H4. The molecule has 100 valence electrons. The summed E-state index contributed by atoms with van der Waals surface area (Å²) in [7, 11) is 0. The van der Waals surface area contributed by atoms with Crippen LogP contribution in [-0.2, 0) is 0 Å². The number of rotatable bonds is 2. The Balaban J connectivity index is 0.00000147. The van der Waals surface area contributed by atoms with Gasteiger partial charge in [-0.1, -0.05) is 74.2 Å². The number of phenols is 1. The van der Waals surface area contributed by atoms with Crippen LogP contribution in [0.3, 0.4) is 0 Å². The Morgan fingerprint density at radius 3 is 1.50 bits per heavy atom. The summed E-state index contributed by atoms with van der Waals surface area (Å²) in [5.41, 5.74) is 4.69. The van der Waals surface area contributed by atoms with E-state index < -0.39 is 0 Å². The molecular weight excluding hydrogens is 244 g/mol. The first-order valence-electron chi connectivity index (χ1n) is 6.28. The van der Waals surface area contributed by atoms with E-state index in [4.69, 9.17) is 0 Å². The zero-order valence-electron chi connectivity index (χ0n) is 10.5. The van der Waals surface area contributed by atoms with Crippen molar-refractivity contribution in [1.82, 2.24) is 0 Å². The monoisotopic (exact) mass is 262 g/mol. The van der Waals surface area contributed by atoms with Crippen LogP contribution in [0.4, 0.5) is 0 Å². The van der Waals surface area contributed by atoms with E-state index in [2.05, 4.69) is 24.3 Å². The van der Waals surface area contributed by atoms with E-state index in [1.54, 1.807) is 12.1 Å². The molecule has 1 heteroatoms. The van der Waals surface area contributed by atoms with E-state index in [0.29, 0.717) is 5.75 Å². The summed E-state index contributed by atoms with van der Waals surface area (Å²) in [5, 5.41) is 9.39. The molecule has 0 aliphatic carbocycles. The highest BCUT2D eigenvalue weighted by atomic mass is 16.3. The van der Waals surface area contributed by atoms with Gasteiger partial charge in [-0.2, -0.15) is 0 Å². The van der Waals surface area contributed by atoms with Gasteiger partial charge < -0.3 is 5.11 Å². The lowest BCUT2D eigenvalue weighted by molar-refractivity contribution is 0.475. The molecule has 1 N–H and O–H groups in total. The Morgan fingerprint density at radius 1 is 0.500 bits per heavy atom. The topological polar surface area (TPSA) is 20.2 Å². The van der Waals surface area contributed by atoms with Gasteiger partial charge in [0.2, 0.25) is 0 Å². The van der Waals surface area contributed by atoms with Gasteiger partial charge in [0.05, 0.1) is 0 Å². The van der Waals surface area contributed by atoms with Gasteiger partial charge in [0.1, 0.15) is 5.75 Å². The molecule has 0 amide bonds. The van der Waals surface area contributed by atoms with Crippen LogP contribution in [0.15, 0.2) is 78.9 Å². The van der Waals surface area contributed by atoms with Gasteiger partial charge in [0.25, 0.3) is 0 Å². The maximum Gasteiger partial charge on any atom is 0.115 e. The SMILES string of the molecule is C.Oc1ccc(-c2ccccc2-c2ccccc2)cc1. The minimum absolute atomic E-state index is 0. The average Bonchev–Trinajstić information content (AvgIpc) is 2.49. The van der Waals surface area contributed by atoms with Crippen molar-refractivity contribution in [3.8, 4) is 28.0 Å². The quantitative estimate of drug-likeness (QED) is 0.659. The summed E-state index contributed by atoms with van der Waals surface area (Å²) in [4.78, 5) is 0. The number of phenolic OH excluding ortho intramolecular Hbond substituents is 1. The van der Waals surface area contributed by atoms with Crippen LogP contribution in [0.1, 0.15) is 7.43 Å². The smallest absolute Gasteiger partial charge is 0.115 e. The van der Waals surface area contributed by atoms with Crippen molar-refractivity contribution in [2.24, 2.45) is 0 Å². The highest BCUT2D eigenvalue weighted by molar-refractivity contribution is 5.83. The van der Waals surface area contributed by atoms with Gasteiger partial charge in [-0.15, -0.1) is 0 Å². The minimum atomic E-state index is 0. The third-order valence-corrected chi connectivity index (χ3v) is 3.19. The second-order valence-electron chi connectivity index (χ2n) is 4.46. The normalized spacial score (nSPS) is 9.80. The fourth-order valence-electron chi connectivity index (χ4n) is 2.25. The average molecular weight is 262 g/mol. The van der Waals surface area contributed by atoms with Crippen LogP contribution >= 0.6 is 0 Å². The molecule has 20 heavy (non-hydrogen) atoms. The Morgan fingerprint density at radius 2 is 0.950 bits per heavy atom. The molecule has 0 saturated carbocycles. The van der Waals surface area contributed by atoms with Gasteiger partial charge in [0, 0.05) is 0 Å². The largest absolute Gasteiger partial charge is 0.508 e. The summed E-state index contributed by atoms with van der Waals surface area (Å²) in [6.07, 6.45) is 0. The molecule has 3 rings (SSSR count). The molecule has 0 unspecified atom stereocenters. The number of benzene rings is 3. The van der Waals surface area contributed by atoms with Crippen molar-refractivity contribution in [2.75, 3.05) is 0 Å². The highest BCUT2D eigenvalue weighted by Gasteiger charge is 2.06. The number of aromatic hydroxyl groups is 1. The highest BCUT2D eigenvalue weighted by Crippen LogP contribution is 2.32. The Bertz CT molecular complexity index is 670. The van der Waals surface area contributed by atoms with Gasteiger partial charge >= 0.3 is 0 Å². The van der Waals surface area contributed by atoms with Crippen LogP contribution in [0, 0.1) is 0 Å². The molecule has 1 nitrogen and oxygen atoms in total. The van der Waals surface area contributed by atoms with E-state index in [0.717, 1.165) is 5.56 Å². The van der Waals surface area contributed by atoms with Crippen molar-refractivity contribution < 1.29 is 5.11 Å². The second kappa shape index (κ2) is 6.07. The van der Waals surface area contributed by atoms with Crippen LogP contribution in [-0.4, -0.2) is 5.11 Å². The van der Waals surface area contributed by atoms with Crippen molar-refractivity contribution in [3.63, 3.8) is 0 Å². The fraction of sp³-hybridized carbons (Fsp3) is 0.0526. The molecule has 0 aliphatic rings. The summed E-state index contributed by atoms with van der Waals surface area (Å²) in [5.74, 6) is 0.293. The lowest BCUT2D eigenvalue weighted by atomic mass is 9.95. The molecule has 0 spiro atoms. The van der Waals surface area contributed by atoms with Crippen molar-refractivity contribution in [2.45, 2.75) is 7.43 Å². The summed E-state index contributed by atoms with van der Waals surface area (Å²) < 4.78 is 0. The van der Waals surface area contributed by atoms with Crippen LogP contribution in [0.2, 0.25) is 0 Å². The Hall–Kier alpha value is -2.54. The maximum atomic E-state index is 9.39. The summed E-state index contributed by atoms with van der Waals surface area (Å²) in [6.45, 7) is 0. The van der Waals surface area contributed by atoms with Gasteiger partial charge in [0.15, 0.2) is 0 Å². The van der Waals surface area contributed by atoms with Crippen LogP contribution in [0.5, 0.6) is 5.75 Å². The van der Waals surface area contributed by atoms with E-state index in [9.17, 15) is 5.11 Å². The third-order valence-electron chi connectivity index (χ3n) is 3.19. The van der Waals surface area contributed by atoms with E-state index in [-0.39, 0.29) is 7.43 Å². The summed E-state index contributed by atoms with van der Waals surface area (Å²) >= 11 is 0. The Kier molecular flexibility index (Phi) is 4.21. The molecule has 0 heterocycles. The predicted molar refractivity (Wildman–Crippen MR) is 85.7 cm³/mol. The van der Waals surface area contributed by atoms with Crippen LogP contribution < -0.4 is 0 Å². The molecular formula is C19H18O. The summed E-state index contributed by atoms with van der Waals surface area (Å²) in [6, 6.07) is 26.0. The van der Waals surface area contributed by atoms with Gasteiger partial charge in [-0.05, 0) is 34.4 Å². The van der Waals surface area contributed by atoms with Crippen molar-refractivity contribution in [1.29, 1.82) is 0 Å². The molecule has 0 fully saturated rings. The second-order valence-corrected chi connectivity index (χ2v) is 4.46. The molecule has 0 bridgehead atoms. The lowest BCUT2D eigenvalue weighted by Crippen LogP contribution is -1.84. The predicted octanol–water partition coefficient (Wildman–Crippen LogP) is 5.36. The van der Waals surface area contributed by atoms with Crippen molar-refractivity contribution >= 4 is 0 Å². The molecule has 0 aliphatic heterocycles. The first-order chi connectivity index (χ1) is 9.34. The van der Waals surface area contributed by atoms with Gasteiger partial charge in [-0.25, -0.2) is 0 Å². The third kappa shape index (κ3) is 2.72. The van der Waals surface area contributed by atoms with E-state index in [1.165, 1.54) is 16.7 Å². The van der Waals surface area contributed by atoms with Gasteiger partial charge in [-0.3, -0.25) is 0 Å². The zero-order chi connectivity index (χ0) is 13.1. The molecule has 0 saturated heterocycles. The molecule has 0 atom stereocenters. The molecule has 0 aromatic heterocycles. The Labute approximate surface area is 120 Å². The van der Waals surface area contributed by atoms with Crippen LogP contribution in [0.25, 0.3) is 22.3 Å². The number of hydrogen-bond acceptors (Lipinski definition) is 1. The fourth-order valence-corrected chi connectivity index (χ4v) is 2.25. The van der Waals surface area contributed by atoms with E-state index >= 15 is 0 Å². The van der Waals surface area contributed by atoms with E-state index in [1.807, 2.05) is 42.5 Å². The van der Waals surface area contributed by atoms with Crippen molar-refractivity contribution in [3.05, 3.63) is 78.9 Å². The maximum absolute atomic E-state index is 9.39. The molecule has 0 radical (unpaired) electrons. The zero-order valence-corrected chi connectivity index (χ0v) is 10.5.